The predicted octanol–water partition coefficient (Wildman–Crippen LogP) is 4.68. The molecule has 1 nitrogen and oxygen atoms in total. The molecular weight excluding hydrogens is 299 g/mol. The van der Waals surface area contributed by atoms with Crippen LogP contribution in [0.25, 0.3) is 11.1 Å². The summed E-state index contributed by atoms with van der Waals surface area (Å²) in [6, 6.07) is 6.88. The largest absolute Gasteiger partial charge is 0.310 e. The van der Waals surface area contributed by atoms with Crippen LogP contribution in [0, 0.1) is 17.5 Å². The second-order valence-electron chi connectivity index (χ2n) is 5.21. The molecule has 21 heavy (non-hydrogen) atoms. The summed E-state index contributed by atoms with van der Waals surface area (Å²) in [5.74, 6) is -3.06. The second kappa shape index (κ2) is 5.70. The lowest BCUT2D eigenvalue weighted by molar-refractivity contribution is 0.496. The van der Waals surface area contributed by atoms with E-state index in [-0.39, 0.29) is 5.56 Å². The molecule has 1 aliphatic carbocycles. The smallest absolute Gasteiger partial charge is 0.161 e. The Morgan fingerprint density at radius 1 is 1.00 bits per heavy atom. The quantitative estimate of drug-likeness (QED) is 0.809. The number of benzene rings is 2. The zero-order chi connectivity index (χ0) is 15.0. The average Bonchev–Trinajstić information content (AvgIpc) is 3.26. The number of hydrogen-bond acceptors (Lipinski definition) is 1. The molecule has 0 aromatic heterocycles. The average molecular weight is 312 g/mol. The van der Waals surface area contributed by atoms with Gasteiger partial charge in [-0.05, 0) is 42.2 Å². The van der Waals surface area contributed by atoms with Gasteiger partial charge in [-0.15, -0.1) is 0 Å². The Morgan fingerprint density at radius 3 is 2.43 bits per heavy atom. The highest BCUT2D eigenvalue weighted by Gasteiger charge is 2.20. The van der Waals surface area contributed by atoms with Crippen LogP contribution in [0.4, 0.5) is 13.2 Å². The Balaban J connectivity index is 1.94. The molecule has 110 valence electrons. The fraction of sp³-hybridized carbons (Fsp3) is 0.250. The van der Waals surface area contributed by atoms with Gasteiger partial charge in [0.2, 0.25) is 0 Å². The Morgan fingerprint density at radius 2 is 1.71 bits per heavy atom. The van der Waals surface area contributed by atoms with E-state index in [0.717, 1.165) is 24.5 Å². The second-order valence-corrected chi connectivity index (χ2v) is 5.61. The Kier molecular flexibility index (Phi) is 3.91. The lowest BCUT2D eigenvalue weighted by Gasteiger charge is -2.10. The van der Waals surface area contributed by atoms with Crippen molar-refractivity contribution in [2.45, 2.75) is 25.4 Å². The van der Waals surface area contributed by atoms with E-state index in [9.17, 15) is 13.2 Å². The van der Waals surface area contributed by atoms with Gasteiger partial charge >= 0.3 is 0 Å². The first-order valence-corrected chi connectivity index (χ1v) is 7.09. The molecule has 2 aromatic rings. The minimum atomic E-state index is -1.19. The third kappa shape index (κ3) is 3.22. The van der Waals surface area contributed by atoms with Crippen LogP contribution in [-0.2, 0) is 6.54 Å². The van der Waals surface area contributed by atoms with Gasteiger partial charge in [0.05, 0.1) is 0 Å². The van der Waals surface area contributed by atoms with Gasteiger partial charge in [0.25, 0.3) is 0 Å². The zero-order valence-electron chi connectivity index (χ0n) is 11.1. The molecule has 5 heteroatoms. The molecule has 0 heterocycles. The molecule has 2 aromatic carbocycles. The maximum absolute atomic E-state index is 13.8. The van der Waals surface area contributed by atoms with Gasteiger partial charge in [-0.3, -0.25) is 0 Å². The van der Waals surface area contributed by atoms with E-state index < -0.39 is 17.5 Å². The van der Waals surface area contributed by atoms with Crippen molar-refractivity contribution in [3.63, 3.8) is 0 Å². The molecule has 0 atom stereocenters. The summed E-state index contributed by atoms with van der Waals surface area (Å²) < 4.78 is 40.1. The number of hydrogen-bond donors (Lipinski definition) is 1. The first-order chi connectivity index (χ1) is 10.0. The molecule has 0 amide bonds. The van der Waals surface area contributed by atoms with E-state index >= 15 is 0 Å². The third-order valence-corrected chi connectivity index (χ3v) is 3.89. The van der Waals surface area contributed by atoms with Crippen LogP contribution in [-0.4, -0.2) is 6.04 Å². The summed E-state index contributed by atoms with van der Waals surface area (Å²) in [7, 11) is 0. The van der Waals surface area contributed by atoms with Crippen LogP contribution in [0.5, 0.6) is 0 Å². The molecule has 0 unspecified atom stereocenters. The minimum absolute atomic E-state index is 0.0261. The Labute approximate surface area is 125 Å². The molecule has 1 fully saturated rings. The summed E-state index contributed by atoms with van der Waals surface area (Å²) in [5.41, 5.74) is 1.31. The molecule has 1 saturated carbocycles. The van der Waals surface area contributed by atoms with Crippen molar-refractivity contribution in [1.82, 2.24) is 5.32 Å². The van der Waals surface area contributed by atoms with Crippen molar-refractivity contribution < 1.29 is 13.2 Å². The molecule has 0 radical (unpaired) electrons. The first kappa shape index (κ1) is 14.4. The summed E-state index contributed by atoms with van der Waals surface area (Å²) in [6.07, 6.45) is 2.30. The Hall–Kier alpha value is -1.52. The molecule has 3 rings (SSSR count). The highest BCUT2D eigenvalue weighted by Crippen LogP contribution is 2.29. The van der Waals surface area contributed by atoms with Crippen LogP contribution < -0.4 is 5.32 Å². The van der Waals surface area contributed by atoms with Crippen LogP contribution in [0.1, 0.15) is 18.4 Å². The van der Waals surface area contributed by atoms with Crippen LogP contribution in [0.3, 0.4) is 0 Å². The summed E-state index contributed by atoms with van der Waals surface area (Å²) >= 11 is 6.12. The third-order valence-electron chi connectivity index (χ3n) is 3.53. The van der Waals surface area contributed by atoms with Gasteiger partial charge in [-0.2, -0.15) is 0 Å². The molecule has 0 spiro atoms. The number of halogens is 4. The van der Waals surface area contributed by atoms with Crippen LogP contribution in [0.2, 0.25) is 5.02 Å². The van der Waals surface area contributed by atoms with Crippen molar-refractivity contribution in [3.05, 3.63) is 58.4 Å². The summed E-state index contributed by atoms with van der Waals surface area (Å²) in [5, 5.41) is 3.88. The van der Waals surface area contributed by atoms with E-state index in [1.54, 1.807) is 18.2 Å². The summed E-state index contributed by atoms with van der Waals surface area (Å²) in [4.78, 5) is 0. The van der Waals surface area contributed by atoms with Crippen LogP contribution >= 0.6 is 11.6 Å². The molecule has 1 N–H and O–H groups in total. The van der Waals surface area contributed by atoms with Gasteiger partial charge in [0.15, 0.2) is 11.6 Å². The monoisotopic (exact) mass is 311 g/mol. The first-order valence-electron chi connectivity index (χ1n) is 6.71. The fourth-order valence-electron chi connectivity index (χ4n) is 2.16. The highest BCUT2D eigenvalue weighted by molar-refractivity contribution is 6.31. The van der Waals surface area contributed by atoms with Crippen molar-refractivity contribution in [2.75, 3.05) is 0 Å². The SMILES string of the molecule is Fc1cc(F)c(-c2ccc(Cl)c(CNC3CC3)c2)cc1F. The standard InChI is InChI=1S/C16H13ClF3N/c17-13-4-1-9(5-10(13)8-21-11-2-3-11)12-6-15(19)16(20)7-14(12)18/h1,4-7,11,21H,2-3,8H2. The van der Waals surface area contributed by atoms with Crippen molar-refractivity contribution >= 4 is 11.6 Å². The van der Waals surface area contributed by atoms with Gasteiger partial charge in [-0.25, -0.2) is 13.2 Å². The normalized spacial score (nSPS) is 14.5. The Bertz CT molecular complexity index is 683. The van der Waals surface area contributed by atoms with E-state index in [4.69, 9.17) is 11.6 Å². The molecule has 0 aliphatic heterocycles. The topological polar surface area (TPSA) is 12.0 Å². The molecule has 1 aliphatic rings. The van der Waals surface area contributed by atoms with Crippen molar-refractivity contribution in [1.29, 1.82) is 0 Å². The molecule has 0 bridgehead atoms. The zero-order valence-corrected chi connectivity index (χ0v) is 11.9. The number of rotatable bonds is 4. The lowest BCUT2D eigenvalue weighted by Crippen LogP contribution is -2.15. The maximum Gasteiger partial charge on any atom is 0.161 e. The van der Waals surface area contributed by atoms with E-state index in [1.807, 2.05) is 0 Å². The number of nitrogens with one attached hydrogen (secondary N) is 1. The van der Waals surface area contributed by atoms with Crippen molar-refractivity contribution in [2.24, 2.45) is 0 Å². The summed E-state index contributed by atoms with van der Waals surface area (Å²) in [6.45, 7) is 0.572. The van der Waals surface area contributed by atoms with Gasteiger partial charge < -0.3 is 5.32 Å². The van der Waals surface area contributed by atoms with Crippen molar-refractivity contribution in [3.8, 4) is 11.1 Å². The van der Waals surface area contributed by atoms with Gasteiger partial charge in [0.1, 0.15) is 5.82 Å². The molecule has 0 saturated heterocycles. The minimum Gasteiger partial charge on any atom is -0.310 e. The van der Waals surface area contributed by atoms with Gasteiger partial charge in [-0.1, -0.05) is 17.7 Å². The van der Waals surface area contributed by atoms with E-state index in [2.05, 4.69) is 5.32 Å². The fourth-order valence-corrected chi connectivity index (χ4v) is 2.35. The predicted molar refractivity (Wildman–Crippen MR) is 76.6 cm³/mol. The molecular formula is C16H13ClF3N. The highest BCUT2D eigenvalue weighted by atomic mass is 35.5. The van der Waals surface area contributed by atoms with Gasteiger partial charge in [0, 0.05) is 29.2 Å². The maximum atomic E-state index is 13.8. The van der Waals surface area contributed by atoms with E-state index in [1.165, 1.54) is 0 Å². The van der Waals surface area contributed by atoms with Crippen LogP contribution in [0.15, 0.2) is 30.3 Å². The van der Waals surface area contributed by atoms with E-state index in [0.29, 0.717) is 29.2 Å². The lowest BCUT2D eigenvalue weighted by atomic mass is 10.0.